The van der Waals surface area contributed by atoms with Crippen LogP contribution in [0.15, 0.2) is 36.8 Å². The summed E-state index contributed by atoms with van der Waals surface area (Å²) >= 11 is 0. The van der Waals surface area contributed by atoms with Crippen molar-refractivity contribution in [1.29, 1.82) is 0 Å². The molecule has 8 N–H and O–H groups in total. The Balaban J connectivity index is 1.57. The van der Waals surface area contributed by atoms with Crippen molar-refractivity contribution in [3.05, 3.63) is 42.6 Å². The van der Waals surface area contributed by atoms with E-state index in [9.17, 15) is 38.1 Å². The second-order valence-corrected chi connectivity index (χ2v) is 12.3. The van der Waals surface area contributed by atoms with Crippen molar-refractivity contribution in [2.75, 3.05) is 12.3 Å². The molecule has 6 atom stereocenters. The zero-order valence-electron chi connectivity index (χ0n) is 18.7. The summed E-state index contributed by atoms with van der Waals surface area (Å²) in [6.07, 6.45) is -3.71. The average molecular weight is 600 g/mol. The van der Waals surface area contributed by atoms with Gasteiger partial charge in [0.25, 0.3) is 0 Å². The summed E-state index contributed by atoms with van der Waals surface area (Å²) < 4.78 is 66.3. The van der Waals surface area contributed by atoms with E-state index in [0.717, 1.165) is 6.33 Å². The predicted octanol–water partition coefficient (Wildman–Crippen LogP) is 0.782. The van der Waals surface area contributed by atoms with E-state index >= 15 is 0 Å². The molecule has 0 spiro atoms. The maximum absolute atomic E-state index is 13.4. The number of aliphatic hydroxyl groups excluding tert-OH is 2. The Labute approximate surface area is 211 Å². The Morgan fingerprint density at radius 1 is 1.00 bits per heavy atom. The van der Waals surface area contributed by atoms with Gasteiger partial charge in [-0.1, -0.05) is 12.1 Å². The van der Waals surface area contributed by atoms with Gasteiger partial charge in [-0.3, -0.25) is 4.52 Å². The van der Waals surface area contributed by atoms with Crippen LogP contribution in [-0.2, 0) is 31.6 Å². The Morgan fingerprint density at radius 3 is 2.29 bits per heavy atom. The fraction of sp³-hybridized carbons (Fsp3) is 0.294. The molecule has 0 saturated carbocycles. The summed E-state index contributed by atoms with van der Waals surface area (Å²) in [7, 11) is -16.8. The van der Waals surface area contributed by atoms with E-state index in [1.54, 1.807) is 0 Å². The minimum atomic E-state index is -5.75. The van der Waals surface area contributed by atoms with Crippen molar-refractivity contribution in [2.24, 2.45) is 0 Å². The van der Waals surface area contributed by atoms with Gasteiger partial charge in [-0.25, -0.2) is 28.1 Å². The van der Waals surface area contributed by atoms with Gasteiger partial charge in [-0.2, -0.15) is 8.62 Å². The Hall–Kier alpha value is -2.14. The molecule has 4 rings (SSSR count). The lowest BCUT2D eigenvalue weighted by Crippen LogP contribution is -2.33. The van der Waals surface area contributed by atoms with Gasteiger partial charge in [0.05, 0.1) is 12.0 Å². The summed E-state index contributed by atoms with van der Waals surface area (Å²) in [5.74, 6) is -0.441. The molecule has 0 bridgehead atoms. The van der Waals surface area contributed by atoms with E-state index in [0.29, 0.717) is 16.5 Å². The number of benzene rings is 1. The maximum atomic E-state index is 13.4. The predicted molar refractivity (Wildman–Crippen MR) is 123 cm³/mol. The highest BCUT2D eigenvalue weighted by molar-refractivity contribution is 7.66. The number of fused-ring (bicyclic) bond motifs is 1. The first-order valence-corrected chi connectivity index (χ1v) is 14.8. The summed E-state index contributed by atoms with van der Waals surface area (Å²) in [6, 6.07) is 5.35. The lowest BCUT2D eigenvalue weighted by Gasteiger charge is -2.19. The Kier molecular flexibility index (Phi) is 7.93. The summed E-state index contributed by atoms with van der Waals surface area (Å²) in [4.78, 5) is 44.1. The molecular formula is C17H20FN4O13P3. The fourth-order valence-electron chi connectivity index (χ4n) is 3.72. The number of nitrogens with zero attached hydrogens (tertiary/aromatic N) is 3. The first-order chi connectivity index (χ1) is 17.6. The first-order valence-electron chi connectivity index (χ1n) is 10.2. The average Bonchev–Trinajstić information content (AvgIpc) is 3.29. The highest BCUT2D eigenvalue weighted by atomic mass is 31.3. The third-order valence-electron chi connectivity index (χ3n) is 5.22. The highest BCUT2D eigenvalue weighted by Gasteiger charge is 2.47. The molecule has 2 aromatic heterocycles. The number of phosphoric acid groups is 3. The molecule has 17 nitrogen and oxygen atoms in total. The van der Waals surface area contributed by atoms with Crippen LogP contribution in [0.5, 0.6) is 0 Å². The van der Waals surface area contributed by atoms with Crippen LogP contribution < -0.4 is 5.73 Å². The molecule has 1 aliphatic heterocycles. The summed E-state index contributed by atoms with van der Waals surface area (Å²) in [5.41, 5.74) is 7.12. The molecule has 3 heterocycles. The highest BCUT2D eigenvalue weighted by Crippen LogP contribution is 2.66. The number of anilines is 1. The Morgan fingerprint density at radius 2 is 1.66 bits per heavy atom. The number of nitrogens with two attached hydrogens (primary N) is 1. The third kappa shape index (κ3) is 6.35. The molecule has 1 fully saturated rings. The number of ether oxygens (including phenoxy) is 1. The minimum Gasteiger partial charge on any atom is -0.387 e. The van der Waals surface area contributed by atoms with Crippen LogP contribution in [0.2, 0.25) is 0 Å². The Bertz CT molecular complexity index is 1480. The maximum Gasteiger partial charge on any atom is 0.490 e. The monoisotopic (exact) mass is 600 g/mol. The number of aromatic nitrogens is 3. The third-order valence-corrected chi connectivity index (χ3v) is 9.03. The topological polar surface area (TPSA) is 266 Å². The second kappa shape index (κ2) is 10.4. The van der Waals surface area contributed by atoms with Crippen LogP contribution in [0, 0.1) is 5.82 Å². The van der Waals surface area contributed by atoms with Gasteiger partial charge in [0.2, 0.25) is 0 Å². The van der Waals surface area contributed by atoms with Gasteiger partial charge >= 0.3 is 23.5 Å². The largest absolute Gasteiger partial charge is 0.490 e. The van der Waals surface area contributed by atoms with Crippen molar-refractivity contribution >= 4 is 40.3 Å². The van der Waals surface area contributed by atoms with E-state index in [4.69, 9.17) is 20.3 Å². The smallest absolute Gasteiger partial charge is 0.387 e. The van der Waals surface area contributed by atoms with E-state index < -0.39 is 60.4 Å². The van der Waals surface area contributed by atoms with E-state index in [-0.39, 0.29) is 11.5 Å². The van der Waals surface area contributed by atoms with Gasteiger partial charge in [-0.05, 0) is 17.7 Å². The van der Waals surface area contributed by atoms with Crippen molar-refractivity contribution in [2.45, 2.75) is 24.5 Å². The molecule has 38 heavy (non-hydrogen) atoms. The van der Waals surface area contributed by atoms with Crippen LogP contribution in [-0.4, -0.2) is 69.2 Å². The molecule has 0 aliphatic carbocycles. The molecule has 21 heteroatoms. The number of halogens is 1. The van der Waals surface area contributed by atoms with Crippen LogP contribution in [0.1, 0.15) is 6.23 Å². The van der Waals surface area contributed by atoms with E-state index in [1.165, 1.54) is 35.0 Å². The van der Waals surface area contributed by atoms with Gasteiger partial charge in [0.15, 0.2) is 6.23 Å². The molecule has 3 aromatic rings. The normalized spacial score (nSPS) is 25.3. The lowest BCUT2D eigenvalue weighted by atomic mass is 10.1. The first kappa shape index (κ1) is 28.9. The fourth-order valence-corrected chi connectivity index (χ4v) is 6.75. The molecule has 6 unspecified atom stereocenters. The standard InChI is InChI=1S/C17H20FN4O13P3/c18-9-3-1-8(2-4-9)10-5-22(16-12(10)15(19)20-7-21-16)17-14(24)13(23)11(33-17)6-32-37(28,29)35-38(30,31)34-36(25,26)27/h1-5,7,11,13-14,17,23-24H,6H2,(H,28,29)(H,30,31)(H2,19,20,21)(H2,25,26,27). The molecule has 208 valence electrons. The van der Waals surface area contributed by atoms with Crippen molar-refractivity contribution in [3.8, 4) is 11.1 Å². The lowest BCUT2D eigenvalue weighted by molar-refractivity contribution is -0.0500. The van der Waals surface area contributed by atoms with E-state index in [1.807, 2.05) is 0 Å². The molecular weight excluding hydrogens is 580 g/mol. The quantitative estimate of drug-likeness (QED) is 0.167. The number of nitrogen functional groups attached to an aromatic ring is 1. The molecule has 1 aliphatic rings. The molecule has 0 radical (unpaired) electrons. The van der Waals surface area contributed by atoms with Crippen LogP contribution in [0.4, 0.5) is 10.2 Å². The van der Waals surface area contributed by atoms with Crippen LogP contribution in [0.25, 0.3) is 22.2 Å². The van der Waals surface area contributed by atoms with Crippen molar-refractivity contribution in [1.82, 2.24) is 14.5 Å². The zero-order valence-corrected chi connectivity index (χ0v) is 21.3. The van der Waals surface area contributed by atoms with Gasteiger partial charge in [-0.15, -0.1) is 0 Å². The number of rotatable bonds is 9. The number of hydrogen-bond acceptors (Lipinski definition) is 12. The minimum absolute atomic E-state index is 0.0466. The number of phosphoric ester groups is 1. The van der Waals surface area contributed by atoms with Crippen LogP contribution >= 0.6 is 23.5 Å². The number of hydrogen-bond donors (Lipinski definition) is 7. The molecule has 0 amide bonds. The van der Waals surface area contributed by atoms with Gasteiger partial charge in [0, 0.05) is 11.8 Å². The summed E-state index contributed by atoms with van der Waals surface area (Å²) in [5, 5.41) is 21.4. The van der Waals surface area contributed by atoms with Gasteiger partial charge < -0.3 is 44.8 Å². The number of aliphatic hydroxyl groups is 2. The van der Waals surface area contributed by atoms with Gasteiger partial charge in [0.1, 0.15) is 41.9 Å². The molecule has 1 saturated heterocycles. The molecule has 1 aromatic carbocycles. The van der Waals surface area contributed by atoms with Crippen LogP contribution in [0.3, 0.4) is 0 Å². The summed E-state index contributed by atoms with van der Waals surface area (Å²) in [6.45, 7) is -1.00. The SMILES string of the molecule is Nc1ncnc2c1c(-c1ccc(F)cc1)cn2C1OC(COP(=O)(O)OP(=O)(O)OP(=O)(O)O)C(O)C1O. The van der Waals surface area contributed by atoms with Crippen molar-refractivity contribution in [3.63, 3.8) is 0 Å². The van der Waals surface area contributed by atoms with E-state index in [2.05, 4.69) is 23.1 Å². The second-order valence-electron chi connectivity index (χ2n) is 7.85. The van der Waals surface area contributed by atoms with Crippen molar-refractivity contribution < 1.29 is 65.8 Å². The zero-order chi connectivity index (χ0) is 28.0.